The van der Waals surface area contributed by atoms with Gasteiger partial charge < -0.3 is 10.6 Å². The van der Waals surface area contributed by atoms with Crippen LogP contribution in [-0.4, -0.2) is 16.1 Å². The van der Waals surface area contributed by atoms with Gasteiger partial charge in [-0.2, -0.15) is 0 Å². The molecule has 2 heterocycles. The fourth-order valence-corrected chi connectivity index (χ4v) is 2.50. The van der Waals surface area contributed by atoms with Gasteiger partial charge >= 0.3 is 0 Å². The molecular weight excluding hydrogens is 296 g/mol. The molecule has 0 spiro atoms. The third-order valence-corrected chi connectivity index (χ3v) is 3.83. The number of para-hydroxylation sites is 1. The van der Waals surface area contributed by atoms with Crippen molar-refractivity contribution in [2.75, 3.05) is 10.6 Å². The number of carbonyl (C=O) groups excluding carboxylic acids is 1. The van der Waals surface area contributed by atoms with Crippen molar-refractivity contribution in [3.05, 3.63) is 70.5 Å². The Balaban J connectivity index is 1.60. The first-order valence-electron chi connectivity index (χ1n) is 6.77. The molecule has 0 aliphatic rings. The van der Waals surface area contributed by atoms with Gasteiger partial charge in [0.25, 0.3) is 5.91 Å². The van der Waals surface area contributed by atoms with Gasteiger partial charge in [0, 0.05) is 10.6 Å². The number of hydrogen-bond acceptors (Lipinski definition) is 5. The molecule has 22 heavy (non-hydrogen) atoms. The van der Waals surface area contributed by atoms with E-state index in [1.54, 1.807) is 23.5 Å². The molecule has 3 rings (SSSR count). The number of anilines is 2. The molecular formula is C16H14N4OS. The number of benzene rings is 1. The highest BCUT2D eigenvalue weighted by molar-refractivity contribution is 7.09. The average molecular weight is 310 g/mol. The van der Waals surface area contributed by atoms with Gasteiger partial charge in [-0.3, -0.25) is 4.79 Å². The molecule has 1 amide bonds. The molecule has 0 aliphatic carbocycles. The van der Waals surface area contributed by atoms with E-state index in [4.69, 9.17) is 0 Å². The van der Waals surface area contributed by atoms with Crippen LogP contribution >= 0.6 is 11.3 Å². The first-order valence-corrected chi connectivity index (χ1v) is 7.65. The Bertz CT molecular complexity index is 727. The molecule has 0 unspecified atom stereocenters. The van der Waals surface area contributed by atoms with E-state index in [0.717, 1.165) is 5.69 Å². The van der Waals surface area contributed by atoms with Gasteiger partial charge in [0.15, 0.2) is 5.69 Å². The lowest BCUT2D eigenvalue weighted by Crippen LogP contribution is -2.14. The smallest absolute Gasteiger partial charge is 0.276 e. The molecule has 0 fully saturated rings. The second-order valence-electron chi connectivity index (χ2n) is 4.56. The van der Waals surface area contributed by atoms with Gasteiger partial charge in [-0.1, -0.05) is 24.3 Å². The number of carbonyl (C=O) groups is 1. The van der Waals surface area contributed by atoms with Gasteiger partial charge in [0.05, 0.1) is 6.54 Å². The van der Waals surface area contributed by atoms with E-state index in [2.05, 4.69) is 20.8 Å². The summed E-state index contributed by atoms with van der Waals surface area (Å²) < 4.78 is 0. The summed E-state index contributed by atoms with van der Waals surface area (Å²) in [5, 5.41) is 15.9. The third kappa shape index (κ3) is 3.67. The molecule has 1 aromatic carbocycles. The Kier molecular flexibility index (Phi) is 4.41. The van der Waals surface area contributed by atoms with Crippen LogP contribution in [0.15, 0.2) is 60.0 Å². The van der Waals surface area contributed by atoms with E-state index in [0.29, 0.717) is 12.4 Å². The van der Waals surface area contributed by atoms with Crippen LogP contribution in [0, 0.1) is 0 Å². The van der Waals surface area contributed by atoms with Crippen molar-refractivity contribution < 1.29 is 4.79 Å². The summed E-state index contributed by atoms with van der Waals surface area (Å²) in [4.78, 5) is 13.3. The quantitative estimate of drug-likeness (QED) is 0.758. The maximum atomic E-state index is 12.0. The van der Waals surface area contributed by atoms with Crippen LogP contribution in [0.25, 0.3) is 0 Å². The predicted octanol–water partition coefficient (Wildman–Crippen LogP) is 3.40. The largest absolute Gasteiger partial charge is 0.364 e. The maximum absolute atomic E-state index is 12.0. The Morgan fingerprint density at radius 1 is 1.00 bits per heavy atom. The van der Waals surface area contributed by atoms with Crippen molar-refractivity contribution in [1.82, 2.24) is 10.2 Å². The van der Waals surface area contributed by atoms with Gasteiger partial charge in [0.1, 0.15) is 5.82 Å². The molecule has 0 radical (unpaired) electrons. The van der Waals surface area contributed by atoms with Crippen molar-refractivity contribution in [3.63, 3.8) is 0 Å². The number of nitrogens with one attached hydrogen (secondary N) is 2. The Hall–Kier alpha value is -2.73. The minimum atomic E-state index is -0.275. The zero-order chi connectivity index (χ0) is 15.2. The van der Waals surface area contributed by atoms with Crippen LogP contribution < -0.4 is 10.6 Å². The number of hydrogen-bond donors (Lipinski definition) is 2. The maximum Gasteiger partial charge on any atom is 0.276 e. The second-order valence-corrected chi connectivity index (χ2v) is 5.59. The van der Waals surface area contributed by atoms with Crippen LogP contribution in [0.5, 0.6) is 0 Å². The zero-order valence-corrected chi connectivity index (χ0v) is 12.5. The number of amides is 1. The van der Waals surface area contributed by atoms with Crippen molar-refractivity contribution in [1.29, 1.82) is 0 Å². The normalized spacial score (nSPS) is 10.2. The van der Waals surface area contributed by atoms with Crippen LogP contribution in [0.1, 0.15) is 15.4 Å². The Labute approximate surface area is 132 Å². The Morgan fingerprint density at radius 3 is 2.55 bits per heavy atom. The molecule has 0 aliphatic heterocycles. The molecule has 0 saturated carbocycles. The molecule has 0 atom stereocenters. The monoisotopic (exact) mass is 310 g/mol. The highest BCUT2D eigenvalue weighted by Crippen LogP contribution is 2.12. The molecule has 0 saturated heterocycles. The molecule has 6 heteroatoms. The number of aromatic nitrogens is 2. The van der Waals surface area contributed by atoms with E-state index >= 15 is 0 Å². The summed E-state index contributed by atoms with van der Waals surface area (Å²) in [6, 6.07) is 16.7. The summed E-state index contributed by atoms with van der Waals surface area (Å²) in [6.45, 7) is 0.696. The first-order chi connectivity index (χ1) is 10.8. The van der Waals surface area contributed by atoms with E-state index < -0.39 is 0 Å². The molecule has 3 aromatic rings. The van der Waals surface area contributed by atoms with Crippen LogP contribution in [-0.2, 0) is 6.54 Å². The summed E-state index contributed by atoms with van der Waals surface area (Å²) >= 11 is 1.68. The first kappa shape index (κ1) is 14.2. The predicted molar refractivity (Wildman–Crippen MR) is 88.1 cm³/mol. The van der Waals surface area contributed by atoms with Crippen LogP contribution in [0.4, 0.5) is 11.5 Å². The van der Waals surface area contributed by atoms with Gasteiger partial charge in [-0.15, -0.1) is 21.5 Å². The lowest BCUT2D eigenvalue weighted by Gasteiger charge is -2.05. The molecule has 110 valence electrons. The lowest BCUT2D eigenvalue weighted by molar-refractivity contribution is 0.102. The van der Waals surface area contributed by atoms with E-state index in [1.807, 2.05) is 47.8 Å². The average Bonchev–Trinajstić information content (AvgIpc) is 3.08. The Morgan fingerprint density at radius 2 is 1.86 bits per heavy atom. The van der Waals surface area contributed by atoms with Crippen LogP contribution in [0.3, 0.4) is 0 Å². The van der Waals surface area contributed by atoms with Gasteiger partial charge in [-0.05, 0) is 35.7 Å². The zero-order valence-electron chi connectivity index (χ0n) is 11.7. The summed E-state index contributed by atoms with van der Waals surface area (Å²) in [7, 11) is 0. The number of rotatable bonds is 5. The fourth-order valence-electron chi connectivity index (χ4n) is 1.86. The van der Waals surface area contributed by atoms with Crippen molar-refractivity contribution in [2.45, 2.75) is 6.54 Å². The standard InChI is InChI=1S/C16H14N4OS/c21-16(18-12-5-2-1-3-6-12)14-8-9-15(20-19-14)17-11-13-7-4-10-22-13/h1-10H,11H2,(H,17,20)(H,18,21). The molecule has 2 N–H and O–H groups in total. The SMILES string of the molecule is O=C(Nc1ccccc1)c1ccc(NCc2cccs2)nn1. The summed E-state index contributed by atoms with van der Waals surface area (Å²) in [5.74, 6) is 0.369. The topological polar surface area (TPSA) is 66.9 Å². The fraction of sp³-hybridized carbons (Fsp3) is 0.0625. The lowest BCUT2D eigenvalue weighted by atomic mass is 10.3. The number of nitrogens with zero attached hydrogens (tertiary/aromatic N) is 2. The van der Waals surface area contributed by atoms with Crippen molar-refractivity contribution in [2.24, 2.45) is 0 Å². The summed E-state index contributed by atoms with van der Waals surface area (Å²) in [5.41, 5.74) is 1.01. The third-order valence-electron chi connectivity index (χ3n) is 2.95. The number of thiophene rings is 1. The van der Waals surface area contributed by atoms with Crippen molar-refractivity contribution in [3.8, 4) is 0 Å². The second kappa shape index (κ2) is 6.82. The highest BCUT2D eigenvalue weighted by Gasteiger charge is 2.08. The van der Waals surface area contributed by atoms with E-state index in [-0.39, 0.29) is 11.6 Å². The van der Waals surface area contributed by atoms with Gasteiger partial charge in [0.2, 0.25) is 0 Å². The highest BCUT2D eigenvalue weighted by atomic mass is 32.1. The van der Waals surface area contributed by atoms with Crippen molar-refractivity contribution >= 4 is 28.7 Å². The van der Waals surface area contributed by atoms with E-state index in [9.17, 15) is 4.79 Å². The van der Waals surface area contributed by atoms with E-state index in [1.165, 1.54) is 4.88 Å². The minimum Gasteiger partial charge on any atom is -0.364 e. The van der Waals surface area contributed by atoms with Gasteiger partial charge in [-0.25, -0.2) is 0 Å². The van der Waals surface area contributed by atoms with Crippen LogP contribution in [0.2, 0.25) is 0 Å². The molecule has 5 nitrogen and oxygen atoms in total. The summed E-state index contributed by atoms with van der Waals surface area (Å²) in [6.07, 6.45) is 0. The minimum absolute atomic E-state index is 0.275. The molecule has 0 bridgehead atoms. The molecule has 2 aromatic heterocycles.